The zero-order valence-corrected chi connectivity index (χ0v) is 20.0. The van der Waals surface area contributed by atoms with Crippen LogP contribution < -0.4 is 14.9 Å². The summed E-state index contributed by atoms with van der Waals surface area (Å²) in [5.74, 6) is 1.04. The molecule has 7 heteroatoms. The Kier molecular flexibility index (Phi) is 8.27. The summed E-state index contributed by atoms with van der Waals surface area (Å²) in [4.78, 5) is 12.3. The molecule has 0 saturated carbocycles. The second-order valence-corrected chi connectivity index (χ2v) is 8.23. The quantitative estimate of drug-likeness (QED) is 0.209. The highest BCUT2D eigenvalue weighted by Gasteiger charge is 2.12. The molecule has 0 fully saturated rings. The van der Waals surface area contributed by atoms with Crippen LogP contribution in [0.3, 0.4) is 0 Å². The molecule has 0 atom stereocenters. The van der Waals surface area contributed by atoms with E-state index >= 15 is 0 Å². The number of carbonyl (C=O) groups is 1. The predicted molar refractivity (Wildman–Crippen MR) is 130 cm³/mol. The number of amides is 1. The number of ether oxygens (including phenoxy) is 2. The van der Waals surface area contributed by atoms with Crippen LogP contribution in [0.5, 0.6) is 11.5 Å². The minimum absolute atomic E-state index is 0.290. The zero-order valence-electron chi connectivity index (χ0n) is 16.3. The van der Waals surface area contributed by atoms with Crippen molar-refractivity contribution in [2.24, 2.45) is 5.10 Å². The van der Waals surface area contributed by atoms with Crippen LogP contribution in [-0.2, 0) is 6.61 Å². The molecule has 3 rings (SSSR count). The van der Waals surface area contributed by atoms with Gasteiger partial charge in [-0.2, -0.15) is 5.10 Å². The molecule has 3 aromatic rings. The van der Waals surface area contributed by atoms with Gasteiger partial charge in [0.2, 0.25) is 0 Å². The van der Waals surface area contributed by atoms with Gasteiger partial charge in [0.05, 0.1) is 22.0 Å². The molecule has 1 N–H and O–H groups in total. The molecule has 0 aliphatic rings. The third-order valence-electron chi connectivity index (χ3n) is 4.06. The van der Waals surface area contributed by atoms with E-state index in [-0.39, 0.29) is 5.91 Å². The third kappa shape index (κ3) is 6.06. The highest BCUT2D eigenvalue weighted by Crippen LogP contribution is 2.34. The summed E-state index contributed by atoms with van der Waals surface area (Å²) in [5, 5.41) is 4.08. The molecule has 0 aromatic heterocycles. The molecule has 0 aliphatic heterocycles. The first-order valence-electron chi connectivity index (χ1n) is 9.29. The molecule has 0 heterocycles. The summed E-state index contributed by atoms with van der Waals surface area (Å²) in [6.07, 6.45) is 1.58. The fraction of sp³-hybridized carbons (Fsp3) is 0.130. The molecule has 0 unspecified atom stereocenters. The number of hydrazone groups is 1. The van der Waals surface area contributed by atoms with E-state index in [9.17, 15) is 4.79 Å². The lowest BCUT2D eigenvalue weighted by Gasteiger charge is -2.14. The first-order chi connectivity index (χ1) is 14.6. The van der Waals surface area contributed by atoms with Crippen LogP contribution in [0.4, 0.5) is 0 Å². The second kappa shape index (κ2) is 11.1. The van der Waals surface area contributed by atoms with E-state index in [1.165, 1.54) is 0 Å². The molecule has 0 radical (unpaired) electrons. The number of carbonyl (C=O) groups excluding carboxylic acids is 1. The Morgan fingerprint density at radius 2 is 1.83 bits per heavy atom. The standard InChI is InChI=1S/C23H20BrIN2O3/c1-2-29-21-13-17(14-26-27-23(28)18-10-6-7-11-19(18)24)12-20(25)22(21)30-15-16-8-4-3-5-9-16/h3-14H,2,15H2,1H3,(H,27,28)/b26-14-. The van der Waals surface area contributed by atoms with E-state index in [1.807, 2.05) is 61.5 Å². The average Bonchev–Trinajstić information content (AvgIpc) is 2.74. The van der Waals surface area contributed by atoms with Crippen molar-refractivity contribution in [1.82, 2.24) is 5.43 Å². The summed E-state index contributed by atoms with van der Waals surface area (Å²) in [5.41, 5.74) is 4.94. The molecule has 0 saturated heterocycles. The van der Waals surface area contributed by atoms with Crippen LogP contribution in [0, 0.1) is 3.57 Å². The smallest absolute Gasteiger partial charge is 0.272 e. The molecule has 0 aliphatic carbocycles. The van der Waals surface area contributed by atoms with Gasteiger partial charge >= 0.3 is 0 Å². The van der Waals surface area contributed by atoms with Crippen molar-refractivity contribution in [1.29, 1.82) is 0 Å². The van der Waals surface area contributed by atoms with Crippen LogP contribution >= 0.6 is 38.5 Å². The van der Waals surface area contributed by atoms with Crippen LogP contribution in [0.2, 0.25) is 0 Å². The third-order valence-corrected chi connectivity index (χ3v) is 5.55. The number of halogens is 2. The fourth-order valence-corrected chi connectivity index (χ4v) is 3.91. The van der Waals surface area contributed by atoms with E-state index in [2.05, 4.69) is 49.0 Å². The van der Waals surface area contributed by atoms with Crippen LogP contribution in [0.25, 0.3) is 0 Å². The highest BCUT2D eigenvalue weighted by atomic mass is 127. The van der Waals surface area contributed by atoms with Crippen molar-refractivity contribution in [3.05, 3.63) is 91.5 Å². The highest BCUT2D eigenvalue weighted by molar-refractivity contribution is 14.1. The molecular formula is C23H20BrIN2O3. The van der Waals surface area contributed by atoms with Gasteiger partial charge in [-0.05, 0) is 80.8 Å². The largest absolute Gasteiger partial charge is 0.490 e. The maximum absolute atomic E-state index is 12.3. The fourth-order valence-electron chi connectivity index (χ4n) is 2.67. The maximum atomic E-state index is 12.3. The number of nitrogens with zero attached hydrogens (tertiary/aromatic N) is 1. The van der Waals surface area contributed by atoms with Crippen molar-refractivity contribution in [2.75, 3.05) is 6.61 Å². The van der Waals surface area contributed by atoms with Gasteiger partial charge in [0, 0.05) is 4.47 Å². The molecule has 5 nitrogen and oxygen atoms in total. The van der Waals surface area contributed by atoms with Crippen molar-refractivity contribution >= 4 is 50.6 Å². The Labute approximate surface area is 197 Å². The number of hydrogen-bond donors (Lipinski definition) is 1. The summed E-state index contributed by atoms with van der Waals surface area (Å²) in [6.45, 7) is 2.88. The van der Waals surface area contributed by atoms with Crippen LogP contribution in [0.1, 0.15) is 28.4 Å². The average molecular weight is 579 g/mol. The van der Waals surface area contributed by atoms with E-state index in [0.29, 0.717) is 34.7 Å². The van der Waals surface area contributed by atoms with Gasteiger partial charge < -0.3 is 9.47 Å². The van der Waals surface area contributed by atoms with E-state index < -0.39 is 0 Å². The molecule has 0 spiro atoms. The predicted octanol–water partition coefficient (Wildman–Crippen LogP) is 5.80. The Balaban J connectivity index is 1.73. The Hall–Kier alpha value is -2.39. The summed E-state index contributed by atoms with van der Waals surface area (Å²) in [6, 6.07) is 20.9. The summed E-state index contributed by atoms with van der Waals surface area (Å²) < 4.78 is 13.4. The minimum Gasteiger partial charge on any atom is -0.490 e. The molecule has 1 amide bonds. The number of rotatable bonds is 8. The number of hydrogen-bond acceptors (Lipinski definition) is 4. The molecule has 0 bridgehead atoms. The SMILES string of the molecule is CCOc1cc(/C=N\NC(=O)c2ccccc2Br)cc(I)c1OCc1ccccc1. The van der Waals surface area contributed by atoms with Gasteiger partial charge in [-0.25, -0.2) is 5.43 Å². The lowest BCUT2D eigenvalue weighted by Crippen LogP contribution is -2.18. The number of nitrogens with one attached hydrogen (secondary N) is 1. The van der Waals surface area contributed by atoms with Crippen molar-refractivity contribution < 1.29 is 14.3 Å². The molecule has 30 heavy (non-hydrogen) atoms. The van der Waals surface area contributed by atoms with Gasteiger partial charge in [-0.3, -0.25) is 4.79 Å². The van der Waals surface area contributed by atoms with E-state index in [4.69, 9.17) is 9.47 Å². The zero-order chi connectivity index (χ0) is 21.3. The normalized spacial score (nSPS) is 10.8. The van der Waals surface area contributed by atoms with E-state index in [0.717, 1.165) is 14.7 Å². The Morgan fingerprint density at radius 1 is 1.10 bits per heavy atom. The maximum Gasteiger partial charge on any atom is 0.272 e. The Bertz CT molecular complexity index is 1040. The first kappa shape index (κ1) is 22.3. The van der Waals surface area contributed by atoms with Crippen LogP contribution in [0.15, 0.2) is 76.3 Å². The number of benzene rings is 3. The lowest BCUT2D eigenvalue weighted by atomic mass is 10.2. The molecule has 3 aromatic carbocycles. The van der Waals surface area contributed by atoms with Crippen molar-refractivity contribution in [3.63, 3.8) is 0 Å². The van der Waals surface area contributed by atoms with Crippen molar-refractivity contribution in [2.45, 2.75) is 13.5 Å². The van der Waals surface area contributed by atoms with Gasteiger partial charge in [0.15, 0.2) is 11.5 Å². The van der Waals surface area contributed by atoms with E-state index in [1.54, 1.807) is 18.3 Å². The summed E-state index contributed by atoms with van der Waals surface area (Å²) >= 11 is 5.58. The van der Waals surface area contributed by atoms with Crippen LogP contribution in [-0.4, -0.2) is 18.7 Å². The van der Waals surface area contributed by atoms with Gasteiger partial charge in [0.25, 0.3) is 5.91 Å². The van der Waals surface area contributed by atoms with Crippen molar-refractivity contribution in [3.8, 4) is 11.5 Å². The molecule has 154 valence electrons. The van der Waals surface area contributed by atoms with Gasteiger partial charge in [-0.15, -0.1) is 0 Å². The minimum atomic E-state index is -0.290. The second-order valence-electron chi connectivity index (χ2n) is 6.22. The van der Waals surface area contributed by atoms with Gasteiger partial charge in [-0.1, -0.05) is 42.5 Å². The summed E-state index contributed by atoms with van der Waals surface area (Å²) in [7, 11) is 0. The first-order valence-corrected chi connectivity index (χ1v) is 11.2. The lowest BCUT2D eigenvalue weighted by molar-refractivity contribution is 0.0954. The monoisotopic (exact) mass is 578 g/mol. The van der Waals surface area contributed by atoms with Gasteiger partial charge in [0.1, 0.15) is 6.61 Å². The topological polar surface area (TPSA) is 59.9 Å². The Morgan fingerprint density at radius 3 is 2.57 bits per heavy atom. The molecular weight excluding hydrogens is 559 g/mol.